The molecule has 2 saturated heterocycles. The van der Waals surface area contributed by atoms with Crippen molar-refractivity contribution in [2.75, 3.05) is 47.9 Å². The lowest BCUT2D eigenvalue weighted by atomic mass is 9.79. The van der Waals surface area contributed by atoms with Crippen molar-refractivity contribution < 1.29 is 31.8 Å². The van der Waals surface area contributed by atoms with Crippen LogP contribution in [0.1, 0.15) is 72.1 Å². The second kappa shape index (κ2) is 13.0. The lowest BCUT2D eigenvalue weighted by Crippen LogP contribution is -2.40. The minimum atomic E-state index is -4.04. The summed E-state index contributed by atoms with van der Waals surface area (Å²) in [6.45, 7) is 2.49. The van der Waals surface area contributed by atoms with Gasteiger partial charge < -0.3 is 19.1 Å². The lowest BCUT2D eigenvalue weighted by molar-refractivity contribution is -0.193. The SMILES string of the molecule is COC1CC(CN2CCC(c3cc(C(=O)NS(=O)(=O)N(C)C)nc4c3c(C3CCC3)nn4-c3ccc(F)cc3)CC2)C(OC)O1. The number of hydrogen-bond donors (Lipinski definition) is 1. The van der Waals surface area contributed by atoms with Crippen LogP contribution in [0.4, 0.5) is 4.39 Å². The van der Waals surface area contributed by atoms with Gasteiger partial charge in [0.1, 0.15) is 11.5 Å². The van der Waals surface area contributed by atoms with E-state index in [-0.39, 0.29) is 41.8 Å². The molecule has 3 unspecified atom stereocenters. The molecule has 0 spiro atoms. The highest BCUT2D eigenvalue weighted by Gasteiger charge is 2.38. The number of piperidine rings is 1. The summed E-state index contributed by atoms with van der Waals surface area (Å²) in [5.41, 5.74) is 2.94. The molecule has 4 heterocycles. The average molecular weight is 645 g/mol. The molecule has 1 N–H and O–H groups in total. The third-order valence-corrected chi connectivity index (χ3v) is 10.8. The maximum Gasteiger partial charge on any atom is 0.303 e. The molecule has 1 aliphatic carbocycles. The summed E-state index contributed by atoms with van der Waals surface area (Å²) >= 11 is 0. The number of methoxy groups -OCH3 is 2. The number of carbonyl (C=O) groups is 1. The topological polar surface area (TPSA) is 128 Å². The number of nitrogens with zero attached hydrogens (tertiary/aromatic N) is 5. The Hall–Kier alpha value is -3.01. The first-order valence-corrected chi connectivity index (χ1v) is 16.9. The van der Waals surface area contributed by atoms with E-state index in [9.17, 15) is 17.6 Å². The van der Waals surface area contributed by atoms with Gasteiger partial charge in [-0.1, -0.05) is 6.42 Å². The Morgan fingerprint density at radius 1 is 1.09 bits per heavy atom. The van der Waals surface area contributed by atoms with Crippen molar-refractivity contribution in [3.8, 4) is 5.69 Å². The molecule has 0 radical (unpaired) electrons. The van der Waals surface area contributed by atoms with Gasteiger partial charge in [0, 0.05) is 58.5 Å². The zero-order valence-corrected chi connectivity index (χ0v) is 26.9. The van der Waals surface area contributed by atoms with E-state index in [4.69, 9.17) is 24.3 Å². The molecule has 3 aromatic rings. The van der Waals surface area contributed by atoms with Crippen LogP contribution in [0.25, 0.3) is 16.7 Å². The third-order valence-electron chi connectivity index (χ3n) is 9.37. The summed E-state index contributed by atoms with van der Waals surface area (Å²) in [5.74, 6) is -0.649. The van der Waals surface area contributed by atoms with E-state index in [1.807, 2.05) is 0 Å². The van der Waals surface area contributed by atoms with E-state index in [0.29, 0.717) is 11.3 Å². The van der Waals surface area contributed by atoms with E-state index in [1.54, 1.807) is 37.1 Å². The summed E-state index contributed by atoms with van der Waals surface area (Å²) in [6, 6.07) is 7.73. The summed E-state index contributed by atoms with van der Waals surface area (Å²) < 4.78 is 60.6. The predicted molar refractivity (Wildman–Crippen MR) is 165 cm³/mol. The van der Waals surface area contributed by atoms with Crippen molar-refractivity contribution in [2.24, 2.45) is 5.92 Å². The number of aromatic nitrogens is 3. The highest BCUT2D eigenvalue weighted by atomic mass is 32.2. The van der Waals surface area contributed by atoms with Crippen LogP contribution in [0.2, 0.25) is 0 Å². The van der Waals surface area contributed by atoms with Gasteiger partial charge in [-0.05, 0) is 80.6 Å². The molecule has 1 amide bonds. The number of halogens is 1. The van der Waals surface area contributed by atoms with E-state index < -0.39 is 16.1 Å². The predicted octanol–water partition coefficient (Wildman–Crippen LogP) is 3.52. The maximum atomic E-state index is 13.9. The number of likely N-dealkylation sites (tertiary alicyclic amines) is 1. The first-order valence-electron chi connectivity index (χ1n) is 15.5. The first kappa shape index (κ1) is 32.0. The van der Waals surface area contributed by atoms with Gasteiger partial charge in [0.15, 0.2) is 18.2 Å². The van der Waals surface area contributed by atoms with Crippen molar-refractivity contribution in [3.63, 3.8) is 0 Å². The molecule has 3 atom stereocenters. The highest BCUT2D eigenvalue weighted by Crippen LogP contribution is 2.43. The van der Waals surface area contributed by atoms with E-state index in [2.05, 4.69) is 9.62 Å². The highest BCUT2D eigenvalue weighted by molar-refractivity contribution is 7.87. The molecule has 0 bridgehead atoms. The Morgan fingerprint density at radius 3 is 2.40 bits per heavy atom. The lowest BCUT2D eigenvalue weighted by Gasteiger charge is -2.35. The number of pyridine rings is 1. The maximum absolute atomic E-state index is 13.9. The summed E-state index contributed by atoms with van der Waals surface area (Å²) in [7, 11) is 1.95. The molecular weight excluding hydrogens is 603 g/mol. The largest absolute Gasteiger partial charge is 0.356 e. The molecule has 2 aromatic heterocycles. The van der Waals surface area contributed by atoms with Crippen molar-refractivity contribution in [2.45, 2.75) is 62.9 Å². The molecule has 244 valence electrons. The fraction of sp³-hybridized carbons (Fsp3) is 0.581. The zero-order chi connectivity index (χ0) is 31.9. The quantitative estimate of drug-likeness (QED) is 0.353. The molecule has 14 heteroatoms. The molecule has 2 aliphatic heterocycles. The van der Waals surface area contributed by atoms with Gasteiger partial charge in [0.25, 0.3) is 5.91 Å². The Morgan fingerprint density at radius 2 is 1.80 bits per heavy atom. The van der Waals surface area contributed by atoms with E-state index in [1.165, 1.54) is 26.2 Å². The van der Waals surface area contributed by atoms with Crippen LogP contribution in [-0.2, 0) is 24.4 Å². The molecule has 12 nitrogen and oxygen atoms in total. The number of ether oxygens (including phenoxy) is 3. The van der Waals surface area contributed by atoms with Crippen LogP contribution >= 0.6 is 0 Å². The van der Waals surface area contributed by atoms with Crippen LogP contribution < -0.4 is 4.72 Å². The van der Waals surface area contributed by atoms with Crippen LogP contribution in [-0.4, -0.2) is 98.8 Å². The number of nitrogens with one attached hydrogen (secondary N) is 1. The van der Waals surface area contributed by atoms with Crippen molar-refractivity contribution >= 4 is 27.1 Å². The van der Waals surface area contributed by atoms with Crippen molar-refractivity contribution in [1.82, 2.24) is 28.7 Å². The third kappa shape index (κ3) is 6.49. The fourth-order valence-corrected chi connectivity index (χ4v) is 7.11. The number of fused-ring (bicyclic) bond motifs is 1. The van der Waals surface area contributed by atoms with Crippen molar-refractivity contribution in [1.29, 1.82) is 0 Å². The van der Waals surface area contributed by atoms with Gasteiger partial charge in [-0.15, -0.1) is 0 Å². The number of benzene rings is 1. The summed E-state index contributed by atoms with van der Waals surface area (Å²) in [6.07, 6.45) is 4.97. The Kier molecular flexibility index (Phi) is 9.24. The Bertz CT molecular complexity index is 1640. The molecule has 1 aromatic carbocycles. The van der Waals surface area contributed by atoms with Gasteiger partial charge in [0.2, 0.25) is 0 Å². The molecule has 3 aliphatic rings. The standard InChI is InChI=1S/C31H41FN6O6S/c1-36(2)45(40,41)35-30(39)25-17-24(19-12-14-37(15-13-19)18-21-16-26(42-3)44-31(21)43-4)27-28(20-6-5-7-20)34-38(29(27)33-25)23-10-8-22(32)9-11-23/h8-11,17,19-21,26,31H,5-7,12-16,18H2,1-4H3,(H,35,39). The monoisotopic (exact) mass is 644 g/mol. The normalized spacial score (nSPS) is 23.6. The minimum absolute atomic E-state index is 0.00887. The number of rotatable bonds is 10. The van der Waals surface area contributed by atoms with Crippen LogP contribution in [0.15, 0.2) is 30.3 Å². The van der Waals surface area contributed by atoms with Gasteiger partial charge >= 0.3 is 10.2 Å². The molecule has 3 fully saturated rings. The average Bonchev–Trinajstić information content (AvgIpc) is 3.57. The minimum Gasteiger partial charge on any atom is -0.356 e. The van der Waals surface area contributed by atoms with Gasteiger partial charge in [-0.25, -0.2) is 18.8 Å². The zero-order valence-electron chi connectivity index (χ0n) is 26.1. The summed E-state index contributed by atoms with van der Waals surface area (Å²) in [5, 5.41) is 5.91. The van der Waals surface area contributed by atoms with Crippen molar-refractivity contribution in [3.05, 3.63) is 53.1 Å². The first-order chi connectivity index (χ1) is 21.6. The van der Waals surface area contributed by atoms with Gasteiger partial charge in [0.05, 0.1) is 11.4 Å². The van der Waals surface area contributed by atoms with Crippen LogP contribution in [0.5, 0.6) is 0 Å². The molecular formula is C31H41FN6O6S. The fourth-order valence-electron chi connectivity index (χ4n) is 6.59. The second-order valence-corrected chi connectivity index (χ2v) is 14.3. The Balaban J connectivity index is 1.37. The summed E-state index contributed by atoms with van der Waals surface area (Å²) in [4.78, 5) is 20.5. The molecule has 45 heavy (non-hydrogen) atoms. The van der Waals surface area contributed by atoms with Gasteiger partial charge in [-0.2, -0.15) is 17.8 Å². The smallest absolute Gasteiger partial charge is 0.303 e. The van der Waals surface area contributed by atoms with Gasteiger partial charge in [-0.3, -0.25) is 4.79 Å². The molecule has 1 saturated carbocycles. The number of hydrogen-bond acceptors (Lipinski definition) is 9. The Labute approximate surface area is 263 Å². The van der Waals surface area contributed by atoms with Crippen LogP contribution in [0.3, 0.4) is 0 Å². The second-order valence-electron chi connectivity index (χ2n) is 12.4. The van der Waals surface area contributed by atoms with Crippen LogP contribution in [0, 0.1) is 11.7 Å². The number of amides is 1. The molecule has 6 rings (SSSR count). The van der Waals surface area contributed by atoms with E-state index in [0.717, 1.165) is 79.1 Å². The van der Waals surface area contributed by atoms with E-state index >= 15 is 0 Å². The number of carbonyl (C=O) groups excluding carboxylic acids is 1.